The van der Waals surface area contributed by atoms with Crippen LogP contribution in [0.2, 0.25) is 0 Å². The van der Waals surface area contributed by atoms with Gasteiger partial charge in [-0.3, -0.25) is 4.79 Å². The highest BCUT2D eigenvalue weighted by Crippen LogP contribution is 2.05. The van der Waals surface area contributed by atoms with Crippen LogP contribution in [0.1, 0.15) is 27.2 Å². The van der Waals surface area contributed by atoms with Gasteiger partial charge in [0.25, 0.3) is 0 Å². The third kappa shape index (κ3) is 5.97. The number of hydrogen-bond donors (Lipinski definition) is 0. The molecule has 0 rings (SSSR count). The van der Waals surface area contributed by atoms with Crippen molar-refractivity contribution in [1.82, 2.24) is 4.90 Å². The highest BCUT2D eigenvalue weighted by molar-refractivity contribution is 5.76. The fourth-order valence-electron chi connectivity index (χ4n) is 1.41. The largest absolute Gasteiger partial charge is 0.384 e. The Morgan fingerprint density at radius 3 is 2.36 bits per heavy atom. The fraction of sp³-hybridized carbons (Fsp3) is 0.909. The summed E-state index contributed by atoms with van der Waals surface area (Å²) >= 11 is 0. The zero-order chi connectivity index (χ0) is 11.1. The van der Waals surface area contributed by atoms with Crippen LogP contribution < -0.4 is 0 Å². The lowest BCUT2D eigenvalue weighted by Gasteiger charge is -2.21. The summed E-state index contributed by atoms with van der Waals surface area (Å²) in [6, 6.07) is 0. The van der Waals surface area contributed by atoms with E-state index in [9.17, 15) is 4.79 Å². The molecule has 0 saturated carbocycles. The van der Waals surface area contributed by atoms with Crippen LogP contribution in [0.3, 0.4) is 0 Å². The molecule has 0 aromatic heterocycles. The van der Waals surface area contributed by atoms with Gasteiger partial charge in [-0.1, -0.05) is 20.8 Å². The van der Waals surface area contributed by atoms with E-state index in [1.807, 2.05) is 7.05 Å². The molecular weight excluding hydrogens is 178 g/mol. The van der Waals surface area contributed by atoms with Crippen molar-refractivity contribution in [3.8, 4) is 0 Å². The van der Waals surface area contributed by atoms with Gasteiger partial charge in [-0.15, -0.1) is 0 Å². The van der Waals surface area contributed by atoms with Crippen molar-refractivity contribution in [2.45, 2.75) is 27.2 Å². The minimum Gasteiger partial charge on any atom is -0.384 e. The first-order valence-corrected chi connectivity index (χ1v) is 5.20. The lowest BCUT2D eigenvalue weighted by molar-refractivity contribution is -0.131. The maximum atomic E-state index is 11.6. The van der Waals surface area contributed by atoms with Gasteiger partial charge < -0.3 is 9.64 Å². The summed E-state index contributed by atoms with van der Waals surface area (Å²) < 4.78 is 5.03. The molecule has 0 aliphatic heterocycles. The molecule has 0 spiro atoms. The number of amides is 1. The number of carbonyl (C=O) groups excluding carboxylic acids is 1. The Bertz CT molecular complexity index is 169. The summed E-state index contributed by atoms with van der Waals surface area (Å²) in [5.74, 6) is 1.06. The number of carbonyl (C=O) groups is 1. The van der Waals surface area contributed by atoms with E-state index in [0.717, 1.165) is 6.54 Å². The predicted octanol–water partition coefficient (Wildman–Crippen LogP) is 1.77. The van der Waals surface area contributed by atoms with Crippen LogP contribution >= 0.6 is 0 Å². The Kier molecular flexibility index (Phi) is 6.54. The number of nitrogens with zero attached hydrogens (tertiary/aromatic N) is 1. The van der Waals surface area contributed by atoms with Crippen LogP contribution in [0.15, 0.2) is 0 Å². The number of hydrogen-bond acceptors (Lipinski definition) is 2. The monoisotopic (exact) mass is 201 g/mol. The molecule has 1 unspecified atom stereocenters. The standard InChI is InChI=1S/C11H23NO2/c1-9(2)6-11(13)12(4)7-10(3)8-14-5/h9-10H,6-8H2,1-5H3. The number of methoxy groups -OCH3 is 1. The van der Waals surface area contributed by atoms with Crippen LogP contribution in [0.5, 0.6) is 0 Å². The van der Waals surface area contributed by atoms with Crippen molar-refractivity contribution in [2.75, 3.05) is 27.3 Å². The maximum Gasteiger partial charge on any atom is 0.222 e. The van der Waals surface area contributed by atoms with Gasteiger partial charge in [0, 0.05) is 27.1 Å². The average molecular weight is 201 g/mol. The van der Waals surface area contributed by atoms with Gasteiger partial charge in [-0.25, -0.2) is 0 Å². The van der Waals surface area contributed by atoms with Crippen LogP contribution in [0.25, 0.3) is 0 Å². The van der Waals surface area contributed by atoms with E-state index < -0.39 is 0 Å². The van der Waals surface area contributed by atoms with Crippen molar-refractivity contribution in [1.29, 1.82) is 0 Å². The summed E-state index contributed by atoms with van der Waals surface area (Å²) in [6.45, 7) is 7.69. The second-order valence-corrected chi connectivity index (χ2v) is 4.43. The Morgan fingerprint density at radius 1 is 1.36 bits per heavy atom. The van der Waals surface area contributed by atoms with E-state index >= 15 is 0 Å². The second kappa shape index (κ2) is 6.82. The molecule has 0 aliphatic carbocycles. The molecular formula is C11H23NO2. The molecule has 0 aliphatic rings. The molecule has 0 N–H and O–H groups in total. The molecule has 14 heavy (non-hydrogen) atoms. The first-order valence-electron chi connectivity index (χ1n) is 5.20. The van der Waals surface area contributed by atoms with Crippen molar-refractivity contribution < 1.29 is 9.53 Å². The minimum atomic E-state index is 0.225. The van der Waals surface area contributed by atoms with Gasteiger partial charge in [0.1, 0.15) is 0 Å². The third-order valence-electron chi connectivity index (χ3n) is 2.05. The van der Waals surface area contributed by atoms with E-state index in [1.165, 1.54) is 0 Å². The topological polar surface area (TPSA) is 29.5 Å². The first-order chi connectivity index (χ1) is 6.47. The molecule has 0 fully saturated rings. The number of rotatable bonds is 6. The molecule has 3 heteroatoms. The summed E-state index contributed by atoms with van der Waals surface area (Å²) in [7, 11) is 3.54. The summed E-state index contributed by atoms with van der Waals surface area (Å²) in [6.07, 6.45) is 0.635. The van der Waals surface area contributed by atoms with Crippen molar-refractivity contribution in [3.63, 3.8) is 0 Å². The molecule has 1 atom stereocenters. The quantitative estimate of drug-likeness (QED) is 0.655. The van der Waals surface area contributed by atoms with Gasteiger partial charge in [0.05, 0.1) is 6.61 Å². The molecule has 1 amide bonds. The van der Waals surface area contributed by atoms with Gasteiger partial charge in [0.15, 0.2) is 0 Å². The van der Waals surface area contributed by atoms with E-state index in [4.69, 9.17) is 4.74 Å². The van der Waals surface area contributed by atoms with Gasteiger partial charge in [-0.05, 0) is 11.8 Å². The van der Waals surface area contributed by atoms with Gasteiger partial charge >= 0.3 is 0 Å². The van der Waals surface area contributed by atoms with Crippen LogP contribution in [-0.2, 0) is 9.53 Å². The Hall–Kier alpha value is -0.570. The zero-order valence-corrected chi connectivity index (χ0v) is 10.0. The molecule has 0 aromatic carbocycles. The van der Waals surface area contributed by atoms with Crippen LogP contribution in [0.4, 0.5) is 0 Å². The molecule has 84 valence electrons. The van der Waals surface area contributed by atoms with Crippen molar-refractivity contribution in [2.24, 2.45) is 11.8 Å². The second-order valence-electron chi connectivity index (χ2n) is 4.43. The third-order valence-corrected chi connectivity index (χ3v) is 2.05. The highest BCUT2D eigenvalue weighted by atomic mass is 16.5. The normalized spacial score (nSPS) is 13.0. The lowest BCUT2D eigenvalue weighted by Crippen LogP contribution is -2.32. The number of ether oxygens (including phenoxy) is 1. The lowest BCUT2D eigenvalue weighted by atomic mass is 10.1. The zero-order valence-electron chi connectivity index (χ0n) is 10.0. The van der Waals surface area contributed by atoms with Crippen LogP contribution in [-0.4, -0.2) is 38.1 Å². The average Bonchev–Trinajstić information content (AvgIpc) is 2.02. The molecule has 0 heterocycles. The van der Waals surface area contributed by atoms with Crippen LogP contribution in [0, 0.1) is 11.8 Å². The van der Waals surface area contributed by atoms with Crippen molar-refractivity contribution >= 4 is 5.91 Å². The first kappa shape index (κ1) is 13.4. The van der Waals surface area contributed by atoms with E-state index in [0.29, 0.717) is 24.9 Å². The Morgan fingerprint density at radius 2 is 1.93 bits per heavy atom. The summed E-state index contributed by atoms with van der Waals surface area (Å²) in [4.78, 5) is 13.4. The minimum absolute atomic E-state index is 0.225. The fourth-order valence-corrected chi connectivity index (χ4v) is 1.41. The van der Waals surface area contributed by atoms with E-state index in [-0.39, 0.29) is 5.91 Å². The molecule has 3 nitrogen and oxygen atoms in total. The molecule has 0 bridgehead atoms. The Balaban J connectivity index is 3.82. The van der Waals surface area contributed by atoms with E-state index in [2.05, 4.69) is 20.8 Å². The predicted molar refractivity (Wildman–Crippen MR) is 58.1 cm³/mol. The van der Waals surface area contributed by atoms with E-state index in [1.54, 1.807) is 12.0 Å². The summed E-state index contributed by atoms with van der Waals surface area (Å²) in [5, 5.41) is 0. The summed E-state index contributed by atoms with van der Waals surface area (Å²) in [5.41, 5.74) is 0. The van der Waals surface area contributed by atoms with Crippen molar-refractivity contribution in [3.05, 3.63) is 0 Å². The SMILES string of the molecule is COCC(C)CN(C)C(=O)CC(C)C. The molecule has 0 saturated heterocycles. The highest BCUT2D eigenvalue weighted by Gasteiger charge is 2.13. The van der Waals surface area contributed by atoms with Gasteiger partial charge in [-0.2, -0.15) is 0 Å². The smallest absolute Gasteiger partial charge is 0.222 e. The molecule has 0 radical (unpaired) electrons. The maximum absolute atomic E-state index is 11.6. The van der Waals surface area contributed by atoms with Gasteiger partial charge in [0.2, 0.25) is 5.91 Å². The Labute approximate surface area is 87.4 Å². The molecule has 0 aromatic rings.